The highest BCUT2D eigenvalue weighted by atomic mass is 15.5. The van der Waals surface area contributed by atoms with Crippen LogP contribution in [0.2, 0.25) is 0 Å². The third-order valence-corrected chi connectivity index (χ3v) is 3.35. The first kappa shape index (κ1) is 12.4. The van der Waals surface area contributed by atoms with Crippen molar-refractivity contribution in [2.24, 2.45) is 5.92 Å². The summed E-state index contributed by atoms with van der Waals surface area (Å²) in [7, 11) is 2.14. The molecule has 1 aromatic heterocycles. The molecule has 2 heterocycles. The molecule has 1 unspecified atom stereocenters. The molecule has 0 amide bonds. The fourth-order valence-electron chi connectivity index (χ4n) is 2.48. The van der Waals surface area contributed by atoms with Crippen LogP contribution in [0.5, 0.6) is 0 Å². The highest BCUT2D eigenvalue weighted by Crippen LogP contribution is 2.16. The Morgan fingerprint density at radius 3 is 3.18 bits per heavy atom. The molecule has 0 bridgehead atoms. The van der Waals surface area contributed by atoms with Crippen molar-refractivity contribution in [1.82, 2.24) is 20.3 Å². The van der Waals surface area contributed by atoms with Crippen molar-refractivity contribution >= 4 is 5.82 Å². The molecule has 1 fully saturated rings. The number of aromatic nitrogens is 3. The van der Waals surface area contributed by atoms with Crippen LogP contribution in [0.3, 0.4) is 0 Å². The number of rotatable bonds is 5. The van der Waals surface area contributed by atoms with Crippen molar-refractivity contribution < 1.29 is 0 Å². The topological polar surface area (TPSA) is 46.0 Å². The lowest BCUT2D eigenvalue weighted by atomic mass is 9.99. The molecule has 1 aromatic rings. The molecule has 1 N–H and O–H groups in total. The molecule has 1 aliphatic rings. The summed E-state index contributed by atoms with van der Waals surface area (Å²) in [4.78, 5) is 2.29. The zero-order valence-electron chi connectivity index (χ0n) is 10.9. The monoisotopic (exact) mass is 237 g/mol. The SMILES string of the molecule is CCCn1nncc1N(C)CC1CCCNC1. The van der Waals surface area contributed by atoms with Crippen LogP contribution in [-0.4, -0.2) is 41.7 Å². The van der Waals surface area contributed by atoms with E-state index in [1.165, 1.54) is 19.4 Å². The average molecular weight is 237 g/mol. The first-order valence-corrected chi connectivity index (χ1v) is 6.61. The second-order valence-electron chi connectivity index (χ2n) is 4.91. The number of hydrogen-bond acceptors (Lipinski definition) is 4. The lowest BCUT2D eigenvalue weighted by Crippen LogP contribution is -2.37. The van der Waals surface area contributed by atoms with Crippen LogP contribution in [0.25, 0.3) is 0 Å². The number of nitrogens with one attached hydrogen (secondary N) is 1. The van der Waals surface area contributed by atoms with Crippen molar-refractivity contribution in [3.8, 4) is 0 Å². The molecule has 0 saturated carbocycles. The Bertz CT molecular complexity index is 329. The van der Waals surface area contributed by atoms with E-state index in [0.29, 0.717) is 0 Å². The molecular weight excluding hydrogens is 214 g/mol. The second kappa shape index (κ2) is 6.00. The van der Waals surface area contributed by atoms with E-state index >= 15 is 0 Å². The van der Waals surface area contributed by atoms with Crippen molar-refractivity contribution in [3.05, 3.63) is 6.20 Å². The summed E-state index contributed by atoms with van der Waals surface area (Å²) in [5, 5.41) is 11.6. The van der Waals surface area contributed by atoms with Gasteiger partial charge in [-0.15, -0.1) is 5.10 Å². The Hall–Kier alpha value is -1.10. The van der Waals surface area contributed by atoms with Crippen molar-refractivity contribution in [1.29, 1.82) is 0 Å². The van der Waals surface area contributed by atoms with Gasteiger partial charge in [-0.2, -0.15) is 0 Å². The van der Waals surface area contributed by atoms with Crippen LogP contribution in [-0.2, 0) is 6.54 Å². The Morgan fingerprint density at radius 2 is 2.47 bits per heavy atom. The molecule has 0 aliphatic carbocycles. The molecule has 1 aliphatic heterocycles. The van der Waals surface area contributed by atoms with Gasteiger partial charge in [-0.25, -0.2) is 4.68 Å². The number of aryl methyl sites for hydroxylation is 1. The van der Waals surface area contributed by atoms with E-state index < -0.39 is 0 Å². The van der Waals surface area contributed by atoms with Crippen LogP contribution in [0.15, 0.2) is 6.20 Å². The van der Waals surface area contributed by atoms with Crippen molar-refractivity contribution in [2.45, 2.75) is 32.7 Å². The zero-order chi connectivity index (χ0) is 12.1. The maximum atomic E-state index is 4.13. The average Bonchev–Trinajstić information content (AvgIpc) is 2.79. The Balaban J connectivity index is 1.93. The van der Waals surface area contributed by atoms with Crippen LogP contribution < -0.4 is 10.2 Å². The molecular formula is C12H23N5. The Kier molecular flexibility index (Phi) is 4.36. The Morgan fingerprint density at radius 1 is 1.59 bits per heavy atom. The first-order valence-electron chi connectivity index (χ1n) is 6.61. The molecule has 96 valence electrons. The second-order valence-corrected chi connectivity index (χ2v) is 4.91. The largest absolute Gasteiger partial charge is 0.358 e. The fraction of sp³-hybridized carbons (Fsp3) is 0.833. The number of nitrogens with zero attached hydrogens (tertiary/aromatic N) is 4. The third-order valence-electron chi connectivity index (χ3n) is 3.35. The van der Waals surface area contributed by atoms with Gasteiger partial charge in [0.1, 0.15) is 5.82 Å². The minimum Gasteiger partial charge on any atom is -0.358 e. The van der Waals surface area contributed by atoms with Gasteiger partial charge in [0, 0.05) is 20.1 Å². The molecule has 17 heavy (non-hydrogen) atoms. The summed E-state index contributed by atoms with van der Waals surface area (Å²) >= 11 is 0. The summed E-state index contributed by atoms with van der Waals surface area (Å²) in [5.74, 6) is 1.89. The molecule has 0 radical (unpaired) electrons. The molecule has 5 nitrogen and oxygen atoms in total. The fourth-order valence-corrected chi connectivity index (χ4v) is 2.48. The summed E-state index contributed by atoms with van der Waals surface area (Å²) in [5.41, 5.74) is 0. The quantitative estimate of drug-likeness (QED) is 0.833. The Labute approximate surface area is 103 Å². The molecule has 5 heteroatoms. The van der Waals surface area contributed by atoms with Gasteiger partial charge >= 0.3 is 0 Å². The van der Waals surface area contributed by atoms with Gasteiger partial charge < -0.3 is 10.2 Å². The highest BCUT2D eigenvalue weighted by Gasteiger charge is 2.17. The zero-order valence-corrected chi connectivity index (χ0v) is 10.9. The van der Waals surface area contributed by atoms with Gasteiger partial charge in [0.25, 0.3) is 0 Å². The summed E-state index contributed by atoms with van der Waals surface area (Å²) in [6, 6.07) is 0. The van der Waals surface area contributed by atoms with Crippen LogP contribution in [0.1, 0.15) is 26.2 Å². The standard InChI is InChI=1S/C12H23N5/c1-3-7-17-12(9-14-15-17)16(2)10-11-5-4-6-13-8-11/h9,11,13H,3-8,10H2,1-2H3. The summed E-state index contributed by atoms with van der Waals surface area (Å²) < 4.78 is 2.00. The van der Waals surface area contributed by atoms with Gasteiger partial charge in [0.05, 0.1) is 6.20 Å². The minimum absolute atomic E-state index is 0.749. The van der Waals surface area contributed by atoms with E-state index in [0.717, 1.165) is 37.8 Å². The van der Waals surface area contributed by atoms with E-state index in [-0.39, 0.29) is 0 Å². The lowest BCUT2D eigenvalue weighted by molar-refractivity contribution is 0.379. The predicted molar refractivity (Wildman–Crippen MR) is 69.2 cm³/mol. The summed E-state index contributed by atoms with van der Waals surface area (Å²) in [6.45, 7) is 6.51. The lowest BCUT2D eigenvalue weighted by Gasteiger charge is -2.28. The molecule has 1 saturated heterocycles. The maximum Gasteiger partial charge on any atom is 0.147 e. The van der Waals surface area contributed by atoms with E-state index in [1.807, 2.05) is 10.9 Å². The summed E-state index contributed by atoms with van der Waals surface area (Å²) in [6.07, 6.45) is 5.58. The predicted octanol–water partition coefficient (Wildman–Crippen LogP) is 1.12. The number of anilines is 1. The molecule has 2 rings (SSSR count). The van der Waals surface area contributed by atoms with Gasteiger partial charge in [-0.1, -0.05) is 12.1 Å². The minimum atomic E-state index is 0.749. The first-order chi connectivity index (χ1) is 8.31. The van der Waals surface area contributed by atoms with E-state index in [2.05, 4.69) is 34.5 Å². The highest BCUT2D eigenvalue weighted by molar-refractivity contribution is 5.34. The van der Waals surface area contributed by atoms with E-state index in [1.54, 1.807) is 0 Å². The van der Waals surface area contributed by atoms with Gasteiger partial charge in [-0.05, 0) is 38.3 Å². The van der Waals surface area contributed by atoms with Crippen molar-refractivity contribution in [3.63, 3.8) is 0 Å². The molecule has 0 spiro atoms. The molecule has 0 aromatic carbocycles. The van der Waals surface area contributed by atoms with Crippen LogP contribution in [0.4, 0.5) is 5.82 Å². The van der Waals surface area contributed by atoms with Crippen LogP contribution >= 0.6 is 0 Å². The molecule has 1 atom stereocenters. The third kappa shape index (κ3) is 3.19. The normalized spacial score (nSPS) is 20.5. The smallest absolute Gasteiger partial charge is 0.147 e. The van der Waals surface area contributed by atoms with Gasteiger partial charge in [-0.3, -0.25) is 0 Å². The van der Waals surface area contributed by atoms with Crippen LogP contribution in [0, 0.1) is 5.92 Å². The van der Waals surface area contributed by atoms with E-state index in [9.17, 15) is 0 Å². The van der Waals surface area contributed by atoms with Gasteiger partial charge in [0.15, 0.2) is 0 Å². The number of piperidine rings is 1. The van der Waals surface area contributed by atoms with E-state index in [4.69, 9.17) is 0 Å². The maximum absolute atomic E-state index is 4.13. The van der Waals surface area contributed by atoms with Crippen molar-refractivity contribution in [2.75, 3.05) is 31.6 Å². The number of hydrogen-bond donors (Lipinski definition) is 1. The van der Waals surface area contributed by atoms with Gasteiger partial charge in [0.2, 0.25) is 0 Å².